The second kappa shape index (κ2) is 8.14. The van der Waals surface area contributed by atoms with Gasteiger partial charge in [-0.25, -0.2) is 18.7 Å². The average Bonchev–Trinajstić information content (AvgIpc) is 3.01. The molecule has 0 bridgehead atoms. The third-order valence-corrected chi connectivity index (χ3v) is 4.23. The molecular weight excluding hydrogens is 322 g/mol. The lowest BCUT2D eigenvalue weighted by Gasteiger charge is -2.26. The maximum absolute atomic E-state index is 12.9. The number of alkyl halides is 2. The molecule has 0 radical (unpaired) electrons. The van der Waals surface area contributed by atoms with Gasteiger partial charge in [-0.05, 0) is 23.5 Å². The van der Waals surface area contributed by atoms with Gasteiger partial charge in [-0.2, -0.15) is 4.37 Å². The number of ether oxygens (including phenoxy) is 1. The van der Waals surface area contributed by atoms with Crippen LogP contribution in [0.1, 0.15) is 38.1 Å². The molecule has 0 N–H and O–H groups in total. The van der Waals surface area contributed by atoms with Gasteiger partial charge in [0.15, 0.2) is 5.82 Å². The highest BCUT2D eigenvalue weighted by molar-refractivity contribution is 7.03. The monoisotopic (exact) mass is 342 g/mol. The van der Waals surface area contributed by atoms with Gasteiger partial charge in [0, 0.05) is 23.7 Å². The fraction of sp³-hybridized carbons (Fsp3) is 0.533. The molecule has 126 valence electrons. The normalized spacial score (nSPS) is 12.4. The quantitative estimate of drug-likeness (QED) is 0.727. The lowest BCUT2D eigenvalue weighted by molar-refractivity contribution is 0.140. The Labute approximate surface area is 138 Å². The average molecular weight is 342 g/mol. The minimum Gasteiger partial charge on any atom is -0.480 e. The predicted molar refractivity (Wildman–Crippen MR) is 86.2 cm³/mol. The SMILES string of the molecule is CCC(C)CN(Cc1csnc1OC)c1ccnc(C(F)F)n1. The number of methoxy groups -OCH3 is 1. The van der Waals surface area contributed by atoms with Crippen LogP contribution in [0, 0.1) is 5.92 Å². The van der Waals surface area contributed by atoms with Crippen LogP contribution in [-0.2, 0) is 6.54 Å². The molecule has 5 nitrogen and oxygen atoms in total. The van der Waals surface area contributed by atoms with Crippen LogP contribution in [0.25, 0.3) is 0 Å². The molecule has 2 rings (SSSR count). The topological polar surface area (TPSA) is 51.1 Å². The van der Waals surface area contributed by atoms with E-state index >= 15 is 0 Å². The highest BCUT2D eigenvalue weighted by Crippen LogP contribution is 2.25. The molecule has 2 heterocycles. The van der Waals surface area contributed by atoms with E-state index in [-0.39, 0.29) is 0 Å². The predicted octanol–water partition coefficient (Wildman–Crippen LogP) is 3.93. The van der Waals surface area contributed by atoms with E-state index in [2.05, 4.69) is 28.2 Å². The zero-order valence-electron chi connectivity index (χ0n) is 13.4. The van der Waals surface area contributed by atoms with Crippen molar-refractivity contribution in [2.45, 2.75) is 33.2 Å². The number of hydrogen-bond acceptors (Lipinski definition) is 6. The summed E-state index contributed by atoms with van der Waals surface area (Å²) in [5.41, 5.74) is 0.915. The lowest BCUT2D eigenvalue weighted by Crippen LogP contribution is -2.29. The molecule has 0 aromatic carbocycles. The Hall–Kier alpha value is -1.83. The summed E-state index contributed by atoms with van der Waals surface area (Å²) >= 11 is 1.31. The number of halogens is 2. The Kier molecular flexibility index (Phi) is 6.20. The van der Waals surface area contributed by atoms with Crippen LogP contribution in [0.15, 0.2) is 17.6 Å². The summed E-state index contributed by atoms with van der Waals surface area (Å²) in [5, 5.41) is 1.90. The zero-order chi connectivity index (χ0) is 16.8. The van der Waals surface area contributed by atoms with Crippen molar-refractivity contribution in [3.05, 3.63) is 29.0 Å². The Morgan fingerprint density at radius 3 is 2.83 bits per heavy atom. The molecule has 0 aliphatic carbocycles. The smallest absolute Gasteiger partial charge is 0.297 e. The number of anilines is 1. The van der Waals surface area contributed by atoms with Gasteiger partial charge in [-0.1, -0.05) is 20.3 Å². The van der Waals surface area contributed by atoms with Crippen molar-refractivity contribution in [2.75, 3.05) is 18.6 Å². The third kappa shape index (κ3) is 4.57. The summed E-state index contributed by atoms with van der Waals surface area (Å²) in [7, 11) is 1.57. The highest BCUT2D eigenvalue weighted by Gasteiger charge is 2.18. The number of nitrogens with zero attached hydrogens (tertiary/aromatic N) is 4. The molecule has 2 aromatic heterocycles. The second-order valence-electron chi connectivity index (χ2n) is 5.32. The summed E-state index contributed by atoms with van der Waals surface area (Å²) in [5.74, 6) is 1.00. The molecule has 0 spiro atoms. The number of hydrogen-bond donors (Lipinski definition) is 0. The third-order valence-electron chi connectivity index (χ3n) is 3.57. The fourth-order valence-electron chi connectivity index (χ4n) is 2.12. The molecule has 1 unspecified atom stereocenters. The maximum Gasteiger partial charge on any atom is 0.297 e. The summed E-state index contributed by atoms with van der Waals surface area (Å²) in [6.07, 6.45) is -0.323. The first-order chi connectivity index (χ1) is 11.0. The van der Waals surface area contributed by atoms with Crippen LogP contribution < -0.4 is 9.64 Å². The van der Waals surface area contributed by atoms with Gasteiger partial charge in [0.2, 0.25) is 5.88 Å². The van der Waals surface area contributed by atoms with Crippen molar-refractivity contribution in [3.63, 3.8) is 0 Å². The van der Waals surface area contributed by atoms with E-state index < -0.39 is 12.2 Å². The summed E-state index contributed by atoms with van der Waals surface area (Å²) in [6.45, 7) is 5.42. The molecule has 0 fully saturated rings. The van der Waals surface area contributed by atoms with Gasteiger partial charge >= 0.3 is 0 Å². The second-order valence-corrected chi connectivity index (χ2v) is 5.95. The maximum atomic E-state index is 12.9. The van der Waals surface area contributed by atoms with Crippen LogP contribution >= 0.6 is 11.5 Å². The Morgan fingerprint density at radius 2 is 2.17 bits per heavy atom. The van der Waals surface area contributed by atoms with Crippen LogP contribution in [-0.4, -0.2) is 28.0 Å². The first-order valence-corrected chi connectivity index (χ1v) is 8.22. The van der Waals surface area contributed by atoms with Crippen LogP contribution in [0.4, 0.5) is 14.6 Å². The van der Waals surface area contributed by atoms with E-state index in [4.69, 9.17) is 4.74 Å². The molecule has 23 heavy (non-hydrogen) atoms. The van der Waals surface area contributed by atoms with Gasteiger partial charge < -0.3 is 9.64 Å². The largest absolute Gasteiger partial charge is 0.480 e. The summed E-state index contributed by atoms with van der Waals surface area (Å²) < 4.78 is 35.1. The molecule has 0 aliphatic heterocycles. The molecule has 0 saturated carbocycles. The van der Waals surface area contributed by atoms with Crippen LogP contribution in [0.5, 0.6) is 5.88 Å². The molecule has 0 amide bonds. The Balaban J connectivity index is 2.28. The van der Waals surface area contributed by atoms with Crippen molar-refractivity contribution in [1.82, 2.24) is 14.3 Å². The van der Waals surface area contributed by atoms with Gasteiger partial charge in [0.05, 0.1) is 13.7 Å². The molecular formula is C15H20F2N4OS. The van der Waals surface area contributed by atoms with Gasteiger partial charge in [0.1, 0.15) is 5.82 Å². The van der Waals surface area contributed by atoms with E-state index in [9.17, 15) is 8.78 Å². The fourth-order valence-corrected chi connectivity index (χ4v) is 2.76. The van der Waals surface area contributed by atoms with Gasteiger partial charge in [-0.3, -0.25) is 0 Å². The first kappa shape index (κ1) is 17.5. The molecule has 0 aliphatic rings. The molecule has 0 saturated heterocycles. The minimum atomic E-state index is -2.68. The zero-order valence-corrected chi connectivity index (χ0v) is 14.2. The summed E-state index contributed by atoms with van der Waals surface area (Å²) in [6, 6.07) is 1.65. The van der Waals surface area contributed by atoms with Crippen molar-refractivity contribution in [1.29, 1.82) is 0 Å². The molecule has 2 aromatic rings. The summed E-state index contributed by atoms with van der Waals surface area (Å²) in [4.78, 5) is 9.60. The van der Waals surface area contributed by atoms with E-state index in [0.29, 0.717) is 30.7 Å². The van der Waals surface area contributed by atoms with E-state index in [1.54, 1.807) is 13.2 Å². The van der Waals surface area contributed by atoms with E-state index in [1.807, 2.05) is 10.3 Å². The Bertz CT molecular complexity index is 623. The van der Waals surface area contributed by atoms with Crippen molar-refractivity contribution >= 4 is 17.4 Å². The molecule has 8 heteroatoms. The number of rotatable bonds is 8. The highest BCUT2D eigenvalue weighted by atomic mass is 32.1. The van der Waals surface area contributed by atoms with Crippen molar-refractivity contribution in [3.8, 4) is 5.88 Å². The van der Waals surface area contributed by atoms with Crippen molar-refractivity contribution in [2.24, 2.45) is 5.92 Å². The van der Waals surface area contributed by atoms with Crippen LogP contribution in [0.3, 0.4) is 0 Å². The van der Waals surface area contributed by atoms with Gasteiger partial charge in [-0.15, -0.1) is 0 Å². The standard InChI is InChI=1S/C15H20F2N4OS/c1-4-10(2)7-21(8-11-9-23-20-15(11)22-3)12-5-6-18-14(19-12)13(16)17/h5-6,9-10,13H,4,7-8H2,1-3H3. The first-order valence-electron chi connectivity index (χ1n) is 7.38. The van der Waals surface area contributed by atoms with E-state index in [1.165, 1.54) is 17.7 Å². The lowest BCUT2D eigenvalue weighted by atomic mass is 10.1. The van der Waals surface area contributed by atoms with Gasteiger partial charge in [0.25, 0.3) is 6.43 Å². The van der Waals surface area contributed by atoms with Crippen molar-refractivity contribution < 1.29 is 13.5 Å². The van der Waals surface area contributed by atoms with E-state index in [0.717, 1.165) is 12.0 Å². The van der Waals surface area contributed by atoms with Crippen LogP contribution in [0.2, 0.25) is 0 Å². The minimum absolute atomic E-state index is 0.401. The number of aromatic nitrogens is 3. The Morgan fingerprint density at radius 1 is 1.39 bits per heavy atom. The molecule has 1 atom stereocenters.